The Morgan fingerprint density at radius 2 is 2.00 bits per heavy atom. The van der Waals surface area contributed by atoms with E-state index >= 15 is 0 Å². The number of carbonyl (C=O) groups is 2. The number of hydrogen-bond acceptors (Lipinski definition) is 3. The zero-order valence-electron chi connectivity index (χ0n) is 14.0. The van der Waals surface area contributed by atoms with Gasteiger partial charge in [-0.25, -0.2) is 0 Å². The van der Waals surface area contributed by atoms with Crippen molar-refractivity contribution >= 4 is 11.8 Å². The van der Waals surface area contributed by atoms with Crippen molar-refractivity contribution in [1.29, 1.82) is 0 Å². The van der Waals surface area contributed by atoms with Crippen molar-refractivity contribution in [3.05, 3.63) is 29.8 Å². The molecule has 1 aromatic rings. The van der Waals surface area contributed by atoms with E-state index < -0.39 is 0 Å². The predicted octanol–water partition coefficient (Wildman–Crippen LogP) is 2.61. The molecule has 5 nitrogen and oxygen atoms in total. The molecule has 2 amide bonds. The van der Waals surface area contributed by atoms with Crippen molar-refractivity contribution in [1.82, 2.24) is 10.2 Å². The summed E-state index contributed by atoms with van der Waals surface area (Å²) in [5.74, 6) is 0.392. The zero-order valence-corrected chi connectivity index (χ0v) is 14.0. The maximum Gasteiger partial charge on any atom is 0.260 e. The average molecular weight is 318 g/mol. The molecule has 23 heavy (non-hydrogen) atoms. The van der Waals surface area contributed by atoms with E-state index in [-0.39, 0.29) is 18.4 Å². The maximum absolute atomic E-state index is 12.4. The van der Waals surface area contributed by atoms with Crippen LogP contribution in [0.5, 0.6) is 5.75 Å². The van der Waals surface area contributed by atoms with E-state index in [0.717, 1.165) is 12.8 Å². The quantitative estimate of drug-likeness (QED) is 0.877. The monoisotopic (exact) mass is 318 g/mol. The van der Waals surface area contributed by atoms with Crippen LogP contribution in [0.1, 0.15) is 49.4 Å². The van der Waals surface area contributed by atoms with Crippen molar-refractivity contribution in [3.63, 3.8) is 0 Å². The first-order valence-corrected chi connectivity index (χ1v) is 8.40. The van der Waals surface area contributed by atoms with Gasteiger partial charge in [-0.1, -0.05) is 25.3 Å². The molecule has 5 heteroatoms. The Hall–Kier alpha value is -2.04. The highest BCUT2D eigenvalue weighted by atomic mass is 16.5. The van der Waals surface area contributed by atoms with Crippen LogP contribution in [-0.4, -0.2) is 43.0 Å². The molecule has 2 rings (SSSR count). The lowest BCUT2D eigenvalue weighted by Crippen LogP contribution is -2.43. The molecular weight excluding hydrogens is 292 g/mol. The van der Waals surface area contributed by atoms with Gasteiger partial charge in [0.2, 0.25) is 0 Å². The van der Waals surface area contributed by atoms with Gasteiger partial charge in [0.1, 0.15) is 5.75 Å². The second-order valence-corrected chi connectivity index (χ2v) is 5.87. The predicted molar refractivity (Wildman–Crippen MR) is 89.6 cm³/mol. The first-order chi connectivity index (χ1) is 11.2. The molecule has 0 saturated heterocycles. The molecule has 1 aliphatic carbocycles. The summed E-state index contributed by atoms with van der Waals surface area (Å²) in [6.45, 7) is 2.74. The Morgan fingerprint density at radius 1 is 1.26 bits per heavy atom. The molecule has 126 valence electrons. The Morgan fingerprint density at radius 3 is 2.65 bits per heavy atom. The molecule has 1 N–H and O–H groups in total. The summed E-state index contributed by atoms with van der Waals surface area (Å²) in [5, 5.41) is 2.57. The van der Waals surface area contributed by atoms with E-state index in [1.54, 1.807) is 31.3 Å². The number of ether oxygens (including phenoxy) is 1. The van der Waals surface area contributed by atoms with Crippen LogP contribution in [0.15, 0.2) is 24.3 Å². The van der Waals surface area contributed by atoms with E-state index in [4.69, 9.17) is 4.74 Å². The SMILES string of the molecule is CCN(C(=O)COc1cccc(C(=O)NC)c1)C1CCCCC1. The van der Waals surface area contributed by atoms with Gasteiger partial charge in [0.25, 0.3) is 11.8 Å². The molecule has 1 aliphatic rings. The summed E-state index contributed by atoms with van der Waals surface area (Å²) in [6.07, 6.45) is 5.84. The van der Waals surface area contributed by atoms with E-state index in [1.165, 1.54) is 19.3 Å². The Kier molecular flexibility index (Phi) is 6.44. The normalized spacial score (nSPS) is 15.0. The van der Waals surface area contributed by atoms with Crippen molar-refractivity contribution in [3.8, 4) is 5.75 Å². The van der Waals surface area contributed by atoms with Crippen LogP contribution in [0.2, 0.25) is 0 Å². The number of hydrogen-bond donors (Lipinski definition) is 1. The van der Waals surface area contributed by atoms with E-state index in [9.17, 15) is 9.59 Å². The van der Waals surface area contributed by atoms with E-state index in [1.807, 2.05) is 11.8 Å². The smallest absolute Gasteiger partial charge is 0.260 e. The van der Waals surface area contributed by atoms with Gasteiger partial charge in [0.15, 0.2) is 6.61 Å². The number of amides is 2. The van der Waals surface area contributed by atoms with Crippen LogP contribution in [0.3, 0.4) is 0 Å². The first kappa shape index (κ1) is 17.3. The second kappa shape index (κ2) is 8.56. The fraction of sp³-hybridized carbons (Fsp3) is 0.556. The zero-order chi connectivity index (χ0) is 16.7. The highest BCUT2D eigenvalue weighted by Crippen LogP contribution is 2.22. The minimum atomic E-state index is -0.167. The molecule has 1 saturated carbocycles. The van der Waals surface area contributed by atoms with Gasteiger partial charge in [-0.05, 0) is 38.0 Å². The minimum Gasteiger partial charge on any atom is -0.484 e. The highest BCUT2D eigenvalue weighted by molar-refractivity contribution is 5.94. The standard InChI is InChI=1S/C18H26N2O3/c1-3-20(15-9-5-4-6-10-15)17(21)13-23-16-11-7-8-14(12-16)18(22)19-2/h7-8,11-12,15H,3-6,9-10,13H2,1-2H3,(H,19,22). The fourth-order valence-corrected chi connectivity index (χ4v) is 3.13. The third-order valence-electron chi connectivity index (χ3n) is 4.36. The number of nitrogens with one attached hydrogen (secondary N) is 1. The Bertz CT molecular complexity index is 539. The summed E-state index contributed by atoms with van der Waals surface area (Å²) in [7, 11) is 1.59. The van der Waals surface area contributed by atoms with Gasteiger partial charge in [-0.2, -0.15) is 0 Å². The maximum atomic E-state index is 12.4. The number of carbonyl (C=O) groups excluding carboxylic acids is 2. The van der Waals surface area contributed by atoms with Crippen LogP contribution in [0.4, 0.5) is 0 Å². The molecule has 1 aromatic carbocycles. The fourth-order valence-electron chi connectivity index (χ4n) is 3.13. The number of benzene rings is 1. The molecule has 0 radical (unpaired) electrons. The topological polar surface area (TPSA) is 58.6 Å². The van der Waals surface area contributed by atoms with Crippen LogP contribution < -0.4 is 10.1 Å². The van der Waals surface area contributed by atoms with Gasteiger partial charge >= 0.3 is 0 Å². The molecule has 0 heterocycles. The van der Waals surface area contributed by atoms with E-state index in [2.05, 4.69) is 5.32 Å². The average Bonchev–Trinajstić information content (AvgIpc) is 2.61. The Balaban J connectivity index is 1.93. The van der Waals surface area contributed by atoms with Crippen molar-refractivity contribution in [2.45, 2.75) is 45.1 Å². The number of nitrogens with zero attached hydrogens (tertiary/aromatic N) is 1. The molecule has 0 spiro atoms. The van der Waals surface area contributed by atoms with Crippen molar-refractivity contribution < 1.29 is 14.3 Å². The summed E-state index contributed by atoms with van der Waals surface area (Å²) >= 11 is 0. The third kappa shape index (κ3) is 4.71. The van der Waals surface area contributed by atoms with Crippen LogP contribution in [-0.2, 0) is 4.79 Å². The van der Waals surface area contributed by atoms with Crippen molar-refractivity contribution in [2.75, 3.05) is 20.2 Å². The molecular formula is C18H26N2O3. The first-order valence-electron chi connectivity index (χ1n) is 8.40. The van der Waals surface area contributed by atoms with Crippen LogP contribution in [0.25, 0.3) is 0 Å². The lowest BCUT2D eigenvalue weighted by molar-refractivity contribution is -0.136. The largest absolute Gasteiger partial charge is 0.484 e. The van der Waals surface area contributed by atoms with Crippen LogP contribution >= 0.6 is 0 Å². The van der Waals surface area contributed by atoms with Gasteiger partial charge < -0.3 is 15.0 Å². The minimum absolute atomic E-state index is 0.0154. The van der Waals surface area contributed by atoms with Crippen molar-refractivity contribution in [2.24, 2.45) is 0 Å². The molecule has 0 atom stereocenters. The highest BCUT2D eigenvalue weighted by Gasteiger charge is 2.24. The third-order valence-corrected chi connectivity index (χ3v) is 4.36. The number of rotatable bonds is 6. The summed E-state index contributed by atoms with van der Waals surface area (Å²) < 4.78 is 5.61. The lowest BCUT2D eigenvalue weighted by atomic mass is 9.94. The second-order valence-electron chi connectivity index (χ2n) is 5.87. The Labute approximate surface area is 138 Å². The summed E-state index contributed by atoms with van der Waals surface area (Å²) in [6, 6.07) is 7.23. The molecule has 0 bridgehead atoms. The molecule has 0 aliphatic heterocycles. The molecule has 0 unspecified atom stereocenters. The van der Waals surface area contributed by atoms with Gasteiger partial charge in [-0.15, -0.1) is 0 Å². The van der Waals surface area contributed by atoms with E-state index in [0.29, 0.717) is 23.9 Å². The molecule has 1 fully saturated rings. The van der Waals surface area contributed by atoms with Gasteiger partial charge in [0.05, 0.1) is 0 Å². The van der Waals surface area contributed by atoms with Crippen LogP contribution in [0, 0.1) is 0 Å². The van der Waals surface area contributed by atoms with Gasteiger partial charge in [-0.3, -0.25) is 9.59 Å². The molecule has 0 aromatic heterocycles. The van der Waals surface area contributed by atoms with Gasteiger partial charge in [0, 0.05) is 25.2 Å². The summed E-state index contributed by atoms with van der Waals surface area (Å²) in [4.78, 5) is 26.0. The lowest BCUT2D eigenvalue weighted by Gasteiger charge is -2.33. The number of likely N-dealkylation sites (N-methyl/N-ethyl adjacent to an activating group) is 1. The summed E-state index contributed by atoms with van der Waals surface area (Å²) in [5.41, 5.74) is 0.525.